The Bertz CT molecular complexity index is 405. The number of carbonyl (C=O) groups is 2. The van der Waals surface area contributed by atoms with E-state index in [1.165, 1.54) is 12.3 Å². The van der Waals surface area contributed by atoms with Gasteiger partial charge in [-0.25, -0.2) is 4.79 Å². The number of carbonyl (C=O) groups excluding carboxylic acids is 1. The molecule has 18 heavy (non-hydrogen) atoms. The SMILES string of the molecule is C[N+](C)(C)CC(CC(=O)O)OC(=O)c1ccco1. The van der Waals surface area contributed by atoms with E-state index in [9.17, 15) is 9.59 Å². The predicted octanol–water partition coefficient (Wildman–Crippen LogP) is 0.986. The fourth-order valence-electron chi connectivity index (χ4n) is 1.55. The Balaban J connectivity index is 2.66. The van der Waals surface area contributed by atoms with Crippen molar-refractivity contribution in [3.8, 4) is 0 Å². The van der Waals surface area contributed by atoms with Crippen LogP contribution in [0.25, 0.3) is 0 Å². The summed E-state index contributed by atoms with van der Waals surface area (Å²) in [7, 11) is 5.70. The maximum Gasteiger partial charge on any atom is 0.374 e. The molecule has 0 aliphatic rings. The third-order valence-electron chi connectivity index (χ3n) is 2.15. The lowest BCUT2D eigenvalue weighted by atomic mass is 10.2. The summed E-state index contributed by atoms with van der Waals surface area (Å²) in [5.74, 6) is -1.56. The maximum atomic E-state index is 11.7. The van der Waals surface area contributed by atoms with Crippen LogP contribution in [0.5, 0.6) is 0 Å². The van der Waals surface area contributed by atoms with E-state index >= 15 is 0 Å². The molecule has 1 heterocycles. The van der Waals surface area contributed by atoms with Gasteiger partial charge in [0, 0.05) is 0 Å². The molecule has 1 N–H and O–H groups in total. The Morgan fingerprint density at radius 3 is 2.56 bits per heavy atom. The molecule has 0 bridgehead atoms. The van der Waals surface area contributed by atoms with Crippen LogP contribution in [0.4, 0.5) is 0 Å². The van der Waals surface area contributed by atoms with Crippen LogP contribution in [0, 0.1) is 0 Å². The van der Waals surface area contributed by atoms with Crippen LogP contribution in [-0.4, -0.2) is 55.3 Å². The summed E-state index contributed by atoms with van der Waals surface area (Å²) in [4.78, 5) is 22.4. The zero-order chi connectivity index (χ0) is 13.8. The zero-order valence-electron chi connectivity index (χ0n) is 10.8. The van der Waals surface area contributed by atoms with Gasteiger partial charge in [0.05, 0.1) is 33.8 Å². The van der Waals surface area contributed by atoms with Crippen LogP contribution in [0.2, 0.25) is 0 Å². The van der Waals surface area contributed by atoms with Crippen molar-refractivity contribution in [3.05, 3.63) is 24.2 Å². The second-order valence-electron chi connectivity index (χ2n) is 5.08. The van der Waals surface area contributed by atoms with Crippen LogP contribution >= 0.6 is 0 Å². The van der Waals surface area contributed by atoms with E-state index in [0.29, 0.717) is 11.0 Å². The van der Waals surface area contributed by atoms with Gasteiger partial charge >= 0.3 is 11.9 Å². The van der Waals surface area contributed by atoms with Gasteiger partial charge in [0.2, 0.25) is 5.76 Å². The predicted molar refractivity (Wildman–Crippen MR) is 63.1 cm³/mol. The lowest BCUT2D eigenvalue weighted by Gasteiger charge is -2.28. The van der Waals surface area contributed by atoms with Crippen molar-refractivity contribution in [2.75, 3.05) is 27.7 Å². The van der Waals surface area contributed by atoms with Crippen molar-refractivity contribution >= 4 is 11.9 Å². The number of furan rings is 1. The number of carboxylic acids is 1. The van der Waals surface area contributed by atoms with Crippen LogP contribution in [-0.2, 0) is 9.53 Å². The first-order chi connectivity index (χ1) is 8.28. The average Bonchev–Trinajstić information content (AvgIpc) is 2.65. The topological polar surface area (TPSA) is 76.7 Å². The van der Waals surface area contributed by atoms with Crippen LogP contribution < -0.4 is 0 Å². The van der Waals surface area contributed by atoms with Crippen molar-refractivity contribution in [3.63, 3.8) is 0 Å². The van der Waals surface area contributed by atoms with Crippen molar-refractivity contribution in [2.45, 2.75) is 12.5 Å². The monoisotopic (exact) mass is 256 g/mol. The van der Waals surface area contributed by atoms with Crippen LogP contribution in [0.15, 0.2) is 22.8 Å². The first-order valence-electron chi connectivity index (χ1n) is 5.54. The maximum absolute atomic E-state index is 11.7. The van der Waals surface area contributed by atoms with E-state index in [0.717, 1.165) is 0 Å². The molecule has 0 radical (unpaired) electrons. The molecule has 0 aliphatic heterocycles. The minimum Gasteiger partial charge on any atom is -0.481 e. The number of esters is 1. The van der Waals surface area contributed by atoms with Gasteiger partial charge in [-0.1, -0.05) is 0 Å². The molecule has 1 rings (SSSR count). The van der Waals surface area contributed by atoms with E-state index < -0.39 is 18.0 Å². The molecule has 0 aliphatic carbocycles. The standard InChI is InChI=1S/C12H17NO5/c1-13(2,3)8-9(7-11(14)15)18-12(16)10-5-4-6-17-10/h4-6,9H,7-8H2,1-3H3/p+1. The van der Waals surface area contributed by atoms with Crippen molar-refractivity contribution in [1.82, 2.24) is 0 Å². The van der Waals surface area contributed by atoms with Gasteiger partial charge in [-0.2, -0.15) is 0 Å². The molecule has 6 heteroatoms. The van der Waals surface area contributed by atoms with E-state index in [1.54, 1.807) is 6.07 Å². The molecule has 0 amide bonds. The van der Waals surface area contributed by atoms with E-state index in [1.807, 2.05) is 21.1 Å². The minimum atomic E-state index is -0.999. The lowest BCUT2D eigenvalue weighted by Crippen LogP contribution is -2.43. The summed E-state index contributed by atoms with van der Waals surface area (Å²) in [6, 6.07) is 3.05. The Labute approximate surface area is 105 Å². The highest BCUT2D eigenvalue weighted by Crippen LogP contribution is 2.10. The van der Waals surface area contributed by atoms with Gasteiger partial charge in [0.15, 0.2) is 6.10 Å². The first-order valence-corrected chi connectivity index (χ1v) is 5.54. The smallest absolute Gasteiger partial charge is 0.374 e. The second-order valence-corrected chi connectivity index (χ2v) is 5.08. The summed E-state index contributed by atoms with van der Waals surface area (Å²) in [5, 5.41) is 8.80. The lowest BCUT2D eigenvalue weighted by molar-refractivity contribution is -0.873. The number of carboxylic acid groups (broad SMARTS) is 1. The minimum absolute atomic E-state index is 0.0757. The Hall–Kier alpha value is -1.82. The third kappa shape index (κ3) is 5.01. The second kappa shape index (κ2) is 5.68. The molecule has 1 aromatic rings. The van der Waals surface area contributed by atoms with E-state index in [2.05, 4.69) is 0 Å². The molecule has 6 nitrogen and oxygen atoms in total. The molecule has 0 fully saturated rings. The first kappa shape index (κ1) is 14.2. The molecule has 100 valence electrons. The number of hydrogen-bond acceptors (Lipinski definition) is 4. The van der Waals surface area contributed by atoms with E-state index in [4.69, 9.17) is 14.3 Å². The fourth-order valence-corrected chi connectivity index (χ4v) is 1.55. The number of rotatable bonds is 6. The average molecular weight is 256 g/mol. The van der Waals surface area contributed by atoms with E-state index in [-0.39, 0.29) is 12.2 Å². The molecular formula is C12H18NO5+. The number of ether oxygens (including phenoxy) is 1. The third-order valence-corrected chi connectivity index (χ3v) is 2.15. The van der Waals surface area contributed by atoms with Crippen LogP contribution in [0.1, 0.15) is 17.0 Å². The number of aliphatic carboxylic acids is 1. The molecule has 0 aromatic carbocycles. The molecular weight excluding hydrogens is 238 g/mol. The summed E-state index contributed by atoms with van der Waals surface area (Å²) < 4.78 is 10.6. The number of hydrogen-bond donors (Lipinski definition) is 1. The van der Waals surface area contributed by atoms with Gasteiger partial charge in [-0.15, -0.1) is 0 Å². The number of nitrogens with zero attached hydrogens (tertiary/aromatic N) is 1. The fraction of sp³-hybridized carbons (Fsp3) is 0.500. The molecule has 1 atom stereocenters. The van der Waals surface area contributed by atoms with Crippen LogP contribution in [0.3, 0.4) is 0 Å². The van der Waals surface area contributed by atoms with Gasteiger partial charge in [0.25, 0.3) is 0 Å². The molecule has 1 unspecified atom stereocenters. The van der Waals surface area contributed by atoms with Gasteiger partial charge < -0.3 is 18.7 Å². The highest BCUT2D eigenvalue weighted by molar-refractivity contribution is 5.86. The highest BCUT2D eigenvalue weighted by Gasteiger charge is 2.26. The summed E-state index contributed by atoms with van der Waals surface area (Å²) in [6.07, 6.45) is 0.463. The van der Waals surface area contributed by atoms with Crippen molar-refractivity contribution in [1.29, 1.82) is 0 Å². The van der Waals surface area contributed by atoms with Gasteiger partial charge in [-0.05, 0) is 12.1 Å². The van der Waals surface area contributed by atoms with Gasteiger partial charge in [-0.3, -0.25) is 4.79 Å². The summed E-state index contributed by atoms with van der Waals surface area (Å²) >= 11 is 0. The van der Waals surface area contributed by atoms with Gasteiger partial charge in [0.1, 0.15) is 6.54 Å². The molecule has 0 saturated carbocycles. The summed E-state index contributed by atoms with van der Waals surface area (Å²) in [5.41, 5.74) is 0. The van der Waals surface area contributed by atoms with Crippen molar-refractivity contribution in [2.24, 2.45) is 0 Å². The normalized spacial score (nSPS) is 13.1. The summed E-state index contributed by atoms with van der Waals surface area (Å²) in [6.45, 7) is 0.415. The Kier molecular flexibility index (Phi) is 4.49. The largest absolute Gasteiger partial charge is 0.481 e. The number of likely N-dealkylation sites (N-methyl/N-ethyl adjacent to an activating group) is 1. The molecule has 0 spiro atoms. The molecule has 1 aromatic heterocycles. The Morgan fingerprint density at radius 2 is 2.11 bits per heavy atom. The number of quaternary nitrogens is 1. The highest BCUT2D eigenvalue weighted by atomic mass is 16.6. The quantitative estimate of drug-likeness (QED) is 0.606. The molecule has 0 saturated heterocycles. The van der Waals surface area contributed by atoms with Crippen molar-refractivity contribution < 1.29 is 28.3 Å². The Morgan fingerprint density at radius 1 is 1.44 bits per heavy atom. The zero-order valence-corrected chi connectivity index (χ0v) is 10.8.